The first-order valence-electron chi connectivity index (χ1n) is 26.4. The summed E-state index contributed by atoms with van der Waals surface area (Å²) >= 11 is 0. The molecule has 0 aromatic carbocycles. The second-order valence-corrected chi connectivity index (χ2v) is 17.4. The van der Waals surface area contributed by atoms with Crippen molar-refractivity contribution in [2.45, 2.75) is 258 Å². The number of carbonyl (C=O) groups excluding carboxylic acids is 3. The predicted octanol–water partition coefficient (Wildman–Crippen LogP) is 17.4. The Morgan fingerprint density at radius 2 is 0.603 bits per heavy atom. The normalized spacial score (nSPS) is 12.6. The molecule has 0 aliphatic rings. The van der Waals surface area contributed by atoms with E-state index >= 15 is 0 Å². The molecular weight excluding hydrogens is 781 g/mol. The molecule has 0 aromatic rings. The lowest BCUT2D eigenvalue weighted by Crippen LogP contribution is -2.30. The van der Waals surface area contributed by atoms with Crippen LogP contribution in [0.5, 0.6) is 0 Å². The van der Waals surface area contributed by atoms with E-state index in [0.717, 1.165) is 89.9 Å². The van der Waals surface area contributed by atoms with Crippen LogP contribution < -0.4 is 0 Å². The molecule has 362 valence electrons. The largest absolute Gasteiger partial charge is 0.462 e. The van der Waals surface area contributed by atoms with E-state index in [-0.39, 0.29) is 37.5 Å². The predicted molar refractivity (Wildman–Crippen MR) is 270 cm³/mol. The van der Waals surface area contributed by atoms with E-state index in [0.29, 0.717) is 19.3 Å². The molecule has 0 aliphatic carbocycles. The summed E-state index contributed by atoms with van der Waals surface area (Å²) < 4.78 is 16.7. The number of unbranched alkanes of at least 4 members (excludes halogenated alkanes) is 24. The summed E-state index contributed by atoms with van der Waals surface area (Å²) in [5.41, 5.74) is 0. The summed E-state index contributed by atoms with van der Waals surface area (Å²) in [6.07, 6.45) is 64.7. The molecule has 0 saturated heterocycles. The maximum atomic E-state index is 12.8. The van der Waals surface area contributed by atoms with Gasteiger partial charge >= 0.3 is 17.9 Å². The number of ether oxygens (including phenoxy) is 3. The van der Waals surface area contributed by atoms with E-state index in [1.807, 2.05) is 0 Å². The third-order valence-corrected chi connectivity index (χ3v) is 11.2. The molecule has 1 atom stereocenters. The third-order valence-electron chi connectivity index (χ3n) is 11.2. The summed E-state index contributed by atoms with van der Waals surface area (Å²) in [7, 11) is 0. The van der Waals surface area contributed by atoms with Crippen molar-refractivity contribution in [3.8, 4) is 0 Å². The van der Waals surface area contributed by atoms with E-state index in [4.69, 9.17) is 14.2 Å². The Balaban J connectivity index is 4.44. The lowest BCUT2D eigenvalue weighted by Gasteiger charge is -2.18. The fourth-order valence-electron chi connectivity index (χ4n) is 7.12. The molecule has 1 unspecified atom stereocenters. The molecule has 0 saturated carbocycles. The minimum Gasteiger partial charge on any atom is -0.462 e. The quantitative estimate of drug-likeness (QED) is 0.0262. The van der Waals surface area contributed by atoms with Gasteiger partial charge in [-0.15, -0.1) is 0 Å². The molecule has 6 heteroatoms. The molecule has 63 heavy (non-hydrogen) atoms. The van der Waals surface area contributed by atoms with E-state index in [1.54, 1.807) is 0 Å². The number of rotatable bonds is 47. The van der Waals surface area contributed by atoms with Crippen molar-refractivity contribution in [1.29, 1.82) is 0 Å². The molecule has 0 spiro atoms. The first-order chi connectivity index (χ1) is 31.0. The van der Waals surface area contributed by atoms with Gasteiger partial charge in [0.05, 0.1) is 0 Å². The van der Waals surface area contributed by atoms with Gasteiger partial charge in [-0.1, -0.05) is 203 Å². The standard InChI is InChI=1S/C57H98O6/c1-4-7-10-13-16-19-22-24-26-28-30-31-33-35-38-41-44-47-50-56(59)62-53-54(52-61-55(58)49-46-43-40-37-21-18-15-12-9-6-3)63-57(60)51-48-45-42-39-36-34-32-29-27-25-23-20-17-14-11-8-5-2/h15,17-18,20,25,27,30-32,34,39,42,54H,4-14,16,19,21-24,26,28-29,33,35-38,40-41,43-53H2,1-3H3/b18-15-,20-17-,27-25-,31-30-,34-32-,42-39-. The van der Waals surface area contributed by atoms with Gasteiger partial charge in [0, 0.05) is 19.3 Å². The van der Waals surface area contributed by atoms with E-state index in [9.17, 15) is 14.4 Å². The Morgan fingerprint density at radius 3 is 1.03 bits per heavy atom. The molecule has 6 nitrogen and oxygen atoms in total. The van der Waals surface area contributed by atoms with Crippen molar-refractivity contribution in [2.75, 3.05) is 13.2 Å². The number of esters is 3. The van der Waals surface area contributed by atoms with Crippen LogP contribution >= 0.6 is 0 Å². The van der Waals surface area contributed by atoms with Gasteiger partial charge in [0.25, 0.3) is 0 Å². The Hall–Kier alpha value is -3.15. The fraction of sp³-hybridized carbons (Fsp3) is 0.737. The van der Waals surface area contributed by atoms with Crippen LogP contribution in [0, 0.1) is 0 Å². The zero-order chi connectivity index (χ0) is 45.8. The summed E-state index contributed by atoms with van der Waals surface area (Å²) in [6, 6.07) is 0. The lowest BCUT2D eigenvalue weighted by atomic mass is 10.1. The SMILES string of the molecule is CCCC/C=C\CCCCCCC(=O)OCC(COC(=O)CCCCCCC/C=C\CCCCCCCCCCC)OC(=O)CCC/C=C\C/C=C\C/C=C\C/C=C\CCCCC. The maximum Gasteiger partial charge on any atom is 0.306 e. The molecule has 0 heterocycles. The number of carbonyl (C=O) groups is 3. The summed E-state index contributed by atoms with van der Waals surface area (Å²) in [4.78, 5) is 37.9. The number of hydrogen-bond acceptors (Lipinski definition) is 6. The third kappa shape index (κ3) is 49.7. The first-order valence-corrected chi connectivity index (χ1v) is 26.4. The van der Waals surface area contributed by atoms with Gasteiger partial charge in [-0.25, -0.2) is 0 Å². The second kappa shape index (κ2) is 51.5. The average molecular weight is 879 g/mol. The van der Waals surface area contributed by atoms with Crippen LogP contribution in [0.4, 0.5) is 0 Å². The highest BCUT2D eigenvalue weighted by molar-refractivity contribution is 5.71. The van der Waals surface area contributed by atoms with Crippen molar-refractivity contribution >= 4 is 17.9 Å². The molecule has 0 rings (SSSR count). The Bertz CT molecular complexity index is 1190. The number of hydrogen-bond donors (Lipinski definition) is 0. The minimum atomic E-state index is -0.810. The topological polar surface area (TPSA) is 78.9 Å². The van der Waals surface area contributed by atoms with Gasteiger partial charge in [0.1, 0.15) is 13.2 Å². The number of allylic oxidation sites excluding steroid dienone is 12. The molecule has 0 fully saturated rings. The zero-order valence-corrected chi connectivity index (χ0v) is 41.3. The highest BCUT2D eigenvalue weighted by Crippen LogP contribution is 2.13. The summed E-state index contributed by atoms with van der Waals surface area (Å²) in [5.74, 6) is -0.982. The smallest absolute Gasteiger partial charge is 0.306 e. The van der Waals surface area contributed by atoms with Crippen molar-refractivity contribution in [2.24, 2.45) is 0 Å². The summed E-state index contributed by atoms with van der Waals surface area (Å²) in [5, 5.41) is 0. The van der Waals surface area contributed by atoms with Crippen molar-refractivity contribution < 1.29 is 28.6 Å². The van der Waals surface area contributed by atoms with Crippen molar-refractivity contribution in [3.63, 3.8) is 0 Å². The fourth-order valence-corrected chi connectivity index (χ4v) is 7.12. The molecule has 0 bridgehead atoms. The molecular formula is C57H98O6. The van der Waals surface area contributed by atoms with Crippen LogP contribution in [0.15, 0.2) is 72.9 Å². The van der Waals surface area contributed by atoms with Gasteiger partial charge in [-0.2, -0.15) is 0 Å². The van der Waals surface area contributed by atoms with Crippen molar-refractivity contribution in [3.05, 3.63) is 72.9 Å². The van der Waals surface area contributed by atoms with Crippen LogP contribution in [0.25, 0.3) is 0 Å². The highest BCUT2D eigenvalue weighted by Gasteiger charge is 2.19. The molecule has 0 N–H and O–H groups in total. The molecule has 0 radical (unpaired) electrons. The van der Waals surface area contributed by atoms with Crippen LogP contribution in [0.2, 0.25) is 0 Å². The van der Waals surface area contributed by atoms with Crippen LogP contribution in [-0.4, -0.2) is 37.2 Å². The van der Waals surface area contributed by atoms with Gasteiger partial charge in [0.2, 0.25) is 0 Å². The molecule has 0 aromatic heterocycles. The first kappa shape index (κ1) is 59.9. The highest BCUT2D eigenvalue weighted by atomic mass is 16.6. The Morgan fingerprint density at radius 1 is 0.317 bits per heavy atom. The monoisotopic (exact) mass is 879 g/mol. The van der Waals surface area contributed by atoms with Gasteiger partial charge in [0.15, 0.2) is 6.10 Å². The lowest BCUT2D eigenvalue weighted by molar-refractivity contribution is -0.167. The summed E-state index contributed by atoms with van der Waals surface area (Å²) in [6.45, 7) is 6.51. The van der Waals surface area contributed by atoms with Crippen molar-refractivity contribution in [1.82, 2.24) is 0 Å². The maximum absolute atomic E-state index is 12.8. The zero-order valence-electron chi connectivity index (χ0n) is 41.3. The Kier molecular flexibility index (Phi) is 48.9. The average Bonchev–Trinajstić information content (AvgIpc) is 3.28. The Labute approximate surface area is 389 Å². The van der Waals surface area contributed by atoms with Crippen LogP contribution in [0.1, 0.15) is 252 Å². The molecule has 0 amide bonds. The van der Waals surface area contributed by atoms with E-state index in [2.05, 4.69) is 93.7 Å². The second-order valence-electron chi connectivity index (χ2n) is 17.4. The minimum absolute atomic E-state index is 0.105. The van der Waals surface area contributed by atoms with Crippen LogP contribution in [-0.2, 0) is 28.6 Å². The van der Waals surface area contributed by atoms with Crippen LogP contribution in [0.3, 0.4) is 0 Å². The van der Waals surface area contributed by atoms with Gasteiger partial charge < -0.3 is 14.2 Å². The van der Waals surface area contributed by atoms with E-state index in [1.165, 1.54) is 116 Å². The van der Waals surface area contributed by atoms with Gasteiger partial charge in [-0.3, -0.25) is 14.4 Å². The molecule has 0 aliphatic heterocycles. The van der Waals surface area contributed by atoms with Gasteiger partial charge in [-0.05, 0) is 103 Å². The van der Waals surface area contributed by atoms with E-state index < -0.39 is 6.10 Å².